The quantitative estimate of drug-likeness (QED) is 0.799. The Morgan fingerprint density at radius 1 is 1.32 bits per heavy atom. The van der Waals surface area contributed by atoms with Gasteiger partial charge in [0.1, 0.15) is 11.9 Å². The van der Waals surface area contributed by atoms with Gasteiger partial charge in [0, 0.05) is 51.9 Å². The maximum absolute atomic E-state index is 12.1. The molecule has 1 fully saturated rings. The lowest BCUT2D eigenvalue weighted by Crippen LogP contribution is -2.42. The monoisotopic (exact) mass is 348 g/mol. The van der Waals surface area contributed by atoms with Crippen LogP contribution >= 0.6 is 0 Å². The molecule has 1 unspecified atom stereocenters. The fourth-order valence-electron chi connectivity index (χ4n) is 2.96. The Morgan fingerprint density at radius 3 is 2.88 bits per heavy atom. The number of H-pyrrole nitrogens is 1. The minimum Gasteiger partial charge on any atom is -0.367 e. The van der Waals surface area contributed by atoms with E-state index < -0.39 is 0 Å². The van der Waals surface area contributed by atoms with Crippen LogP contribution in [-0.4, -0.2) is 48.9 Å². The largest absolute Gasteiger partial charge is 0.367 e. The van der Waals surface area contributed by atoms with Gasteiger partial charge in [-0.25, -0.2) is 9.78 Å². The highest BCUT2D eigenvalue weighted by molar-refractivity contribution is 5.03. The van der Waals surface area contributed by atoms with Crippen molar-refractivity contribution in [2.75, 3.05) is 19.7 Å². The van der Waals surface area contributed by atoms with Gasteiger partial charge in [-0.15, -0.1) is 0 Å². The summed E-state index contributed by atoms with van der Waals surface area (Å²) in [5, 5.41) is 7.21. The topological polar surface area (TPSA) is 98.0 Å². The second-order valence-corrected chi connectivity index (χ2v) is 6.36. The molecular weight excluding hydrogens is 324 g/mol. The molecule has 0 saturated carbocycles. The number of hydrogen-bond donors (Lipinski definition) is 1. The number of rotatable bonds is 5. The summed E-state index contributed by atoms with van der Waals surface area (Å²) in [7, 11) is 3.16. The highest BCUT2D eigenvalue weighted by Crippen LogP contribution is 2.20. The van der Waals surface area contributed by atoms with Crippen molar-refractivity contribution >= 4 is 0 Å². The van der Waals surface area contributed by atoms with Gasteiger partial charge < -0.3 is 4.74 Å². The van der Waals surface area contributed by atoms with Gasteiger partial charge in [-0.2, -0.15) is 5.10 Å². The molecule has 0 spiro atoms. The summed E-state index contributed by atoms with van der Waals surface area (Å²) in [5.74, 6) is 1.53. The first kappa shape index (κ1) is 17.6. The van der Waals surface area contributed by atoms with Crippen LogP contribution in [0.2, 0.25) is 0 Å². The van der Waals surface area contributed by atoms with Crippen LogP contribution < -0.4 is 11.2 Å². The highest BCUT2D eigenvalue weighted by atomic mass is 16.5. The van der Waals surface area contributed by atoms with Crippen LogP contribution in [0.15, 0.2) is 15.7 Å². The Balaban J connectivity index is 1.74. The molecule has 136 valence electrons. The first-order valence-corrected chi connectivity index (χ1v) is 8.50. The summed E-state index contributed by atoms with van der Waals surface area (Å²) in [6.07, 6.45) is 1.65. The van der Waals surface area contributed by atoms with Crippen molar-refractivity contribution in [1.29, 1.82) is 0 Å². The van der Waals surface area contributed by atoms with E-state index in [1.165, 1.54) is 17.7 Å². The average molecular weight is 348 g/mol. The molecule has 3 rings (SSSR count). The number of ether oxygens (including phenoxy) is 1. The number of aromatic amines is 1. The Hall–Kier alpha value is -2.26. The molecule has 1 atom stereocenters. The summed E-state index contributed by atoms with van der Waals surface area (Å²) in [6.45, 7) is 4.50. The lowest BCUT2D eigenvalue weighted by Gasteiger charge is -2.31. The van der Waals surface area contributed by atoms with Crippen LogP contribution in [0, 0.1) is 0 Å². The van der Waals surface area contributed by atoms with Crippen molar-refractivity contribution in [3.05, 3.63) is 44.2 Å². The summed E-state index contributed by atoms with van der Waals surface area (Å²) in [4.78, 5) is 30.6. The van der Waals surface area contributed by atoms with Crippen molar-refractivity contribution < 1.29 is 4.74 Å². The number of morpholine rings is 1. The second kappa shape index (κ2) is 7.32. The Morgan fingerprint density at radius 2 is 2.12 bits per heavy atom. The van der Waals surface area contributed by atoms with Gasteiger partial charge in [0.05, 0.1) is 6.61 Å². The Kier molecular flexibility index (Phi) is 5.14. The Labute approximate surface area is 145 Å². The maximum atomic E-state index is 12.1. The minimum absolute atomic E-state index is 0.209. The molecule has 0 aliphatic carbocycles. The van der Waals surface area contributed by atoms with E-state index in [0.29, 0.717) is 31.2 Å². The lowest BCUT2D eigenvalue weighted by molar-refractivity contribution is -0.0377. The molecule has 1 saturated heterocycles. The summed E-state index contributed by atoms with van der Waals surface area (Å²) in [6, 6.07) is 1.51. The van der Waals surface area contributed by atoms with Crippen LogP contribution in [0.3, 0.4) is 0 Å². The third kappa shape index (κ3) is 3.72. The predicted molar refractivity (Wildman–Crippen MR) is 91.3 cm³/mol. The highest BCUT2D eigenvalue weighted by Gasteiger charge is 2.26. The third-order valence-corrected chi connectivity index (χ3v) is 4.49. The zero-order valence-electron chi connectivity index (χ0n) is 14.9. The molecule has 1 aliphatic rings. The zero-order chi connectivity index (χ0) is 18.0. The van der Waals surface area contributed by atoms with Gasteiger partial charge in [-0.1, -0.05) is 6.92 Å². The van der Waals surface area contributed by atoms with E-state index >= 15 is 0 Å². The Bertz CT molecular complexity index is 852. The minimum atomic E-state index is -0.314. The van der Waals surface area contributed by atoms with Gasteiger partial charge in [0.2, 0.25) is 0 Å². The normalized spacial score (nSPS) is 18.6. The molecule has 2 aromatic rings. The fourth-order valence-corrected chi connectivity index (χ4v) is 2.96. The van der Waals surface area contributed by atoms with E-state index in [9.17, 15) is 9.59 Å². The fraction of sp³-hybridized carbons (Fsp3) is 0.625. The maximum Gasteiger partial charge on any atom is 0.330 e. The van der Waals surface area contributed by atoms with Gasteiger partial charge >= 0.3 is 5.69 Å². The number of aromatic nitrogens is 5. The number of nitrogens with zero attached hydrogens (tertiary/aromatic N) is 5. The van der Waals surface area contributed by atoms with E-state index in [0.717, 1.165) is 29.8 Å². The van der Waals surface area contributed by atoms with E-state index in [-0.39, 0.29) is 17.4 Å². The molecule has 25 heavy (non-hydrogen) atoms. The number of nitrogens with one attached hydrogen (secondary N) is 1. The molecule has 0 radical (unpaired) electrons. The van der Waals surface area contributed by atoms with Crippen LogP contribution in [0.5, 0.6) is 0 Å². The summed E-state index contributed by atoms with van der Waals surface area (Å²) < 4.78 is 8.42. The van der Waals surface area contributed by atoms with Crippen LogP contribution in [0.1, 0.15) is 36.8 Å². The zero-order valence-corrected chi connectivity index (χ0v) is 14.9. The molecule has 9 heteroatoms. The lowest BCUT2D eigenvalue weighted by atomic mass is 10.2. The number of hydrogen-bond acceptors (Lipinski definition) is 6. The molecule has 0 amide bonds. The van der Waals surface area contributed by atoms with Gasteiger partial charge in [0.15, 0.2) is 5.82 Å². The van der Waals surface area contributed by atoms with Crippen molar-refractivity contribution in [2.45, 2.75) is 32.4 Å². The third-order valence-electron chi connectivity index (χ3n) is 4.49. The van der Waals surface area contributed by atoms with Crippen LogP contribution in [-0.2, 0) is 31.8 Å². The van der Waals surface area contributed by atoms with Crippen LogP contribution in [0.4, 0.5) is 0 Å². The van der Waals surface area contributed by atoms with E-state index in [1.807, 2.05) is 0 Å². The molecule has 1 N–H and O–H groups in total. The molecule has 3 heterocycles. The molecular formula is C16H24N6O3. The van der Waals surface area contributed by atoms with Crippen molar-refractivity contribution in [3.8, 4) is 0 Å². The SMILES string of the molecule is CCCc1nc(C2CN(Cc3cc(=O)n(C)c(=O)n3C)CCO2)n[nH]1. The smallest absolute Gasteiger partial charge is 0.330 e. The molecule has 0 bridgehead atoms. The van der Waals surface area contributed by atoms with Gasteiger partial charge in [-0.3, -0.25) is 23.9 Å². The molecule has 1 aliphatic heterocycles. The van der Waals surface area contributed by atoms with E-state index in [1.54, 1.807) is 7.05 Å². The summed E-state index contributed by atoms with van der Waals surface area (Å²) >= 11 is 0. The first-order chi connectivity index (χ1) is 12.0. The van der Waals surface area contributed by atoms with E-state index in [2.05, 4.69) is 27.0 Å². The van der Waals surface area contributed by atoms with Crippen molar-refractivity contribution in [2.24, 2.45) is 14.1 Å². The van der Waals surface area contributed by atoms with Crippen molar-refractivity contribution in [1.82, 2.24) is 29.2 Å². The molecule has 0 aromatic carbocycles. The number of aryl methyl sites for hydroxylation is 1. The first-order valence-electron chi connectivity index (χ1n) is 8.50. The summed E-state index contributed by atoms with van der Waals surface area (Å²) in [5.41, 5.74) is 0.0852. The predicted octanol–water partition coefficient (Wildman–Crippen LogP) is -0.272. The second-order valence-electron chi connectivity index (χ2n) is 6.36. The van der Waals surface area contributed by atoms with E-state index in [4.69, 9.17) is 4.74 Å². The van der Waals surface area contributed by atoms with Crippen LogP contribution in [0.25, 0.3) is 0 Å². The van der Waals surface area contributed by atoms with Crippen molar-refractivity contribution in [3.63, 3.8) is 0 Å². The average Bonchev–Trinajstić information content (AvgIpc) is 3.07. The van der Waals surface area contributed by atoms with Gasteiger partial charge in [-0.05, 0) is 6.42 Å². The molecule has 2 aromatic heterocycles. The van der Waals surface area contributed by atoms with Gasteiger partial charge in [0.25, 0.3) is 5.56 Å². The standard InChI is InChI=1S/C16H24N6O3/c1-4-5-13-17-15(19-18-13)12-10-22(6-7-25-12)9-11-8-14(23)21(3)16(24)20(11)2/h8,12H,4-7,9-10H2,1-3H3,(H,17,18,19). The molecule has 9 nitrogen and oxygen atoms in total.